The van der Waals surface area contributed by atoms with Crippen molar-refractivity contribution in [3.8, 4) is 0 Å². The van der Waals surface area contributed by atoms with E-state index in [0.29, 0.717) is 6.42 Å². The molecule has 2 N–H and O–H groups in total. The van der Waals surface area contributed by atoms with Crippen LogP contribution in [-0.4, -0.2) is 22.2 Å². The Hall–Kier alpha value is -0.480. The second kappa shape index (κ2) is 4.36. The molecule has 4 unspecified atom stereocenters. The van der Waals surface area contributed by atoms with Crippen LogP contribution >= 0.6 is 24.8 Å². The maximum Gasteiger partial charge on any atom is 0.307 e. The Balaban J connectivity index is 0.000000845. The monoisotopic (exact) mass is 242 g/mol. The van der Waals surface area contributed by atoms with Crippen LogP contribution in [0.5, 0.6) is 0 Å². The van der Waals surface area contributed by atoms with E-state index >= 15 is 0 Å². The van der Waals surface area contributed by atoms with Gasteiger partial charge in [0.1, 0.15) is 0 Å². The van der Waals surface area contributed by atoms with Crippen LogP contribution < -0.4 is 0 Å². The number of aliphatic carboxylic acids is 2. The smallest absolute Gasteiger partial charge is 0.307 e. The van der Waals surface area contributed by atoms with Gasteiger partial charge in [0.15, 0.2) is 0 Å². The van der Waals surface area contributed by atoms with Gasteiger partial charge in [-0.1, -0.05) is 0 Å². The molecule has 2 aliphatic rings. The normalized spacial score (nSPS) is 37.4. The number of carboxylic acids is 2. The second-order valence-corrected chi connectivity index (χ2v) is 3.63. The minimum Gasteiger partial charge on any atom is -0.481 e. The largest absolute Gasteiger partial charge is 0.481 e. The molecule has 6 heteroatoms. The van der Waals surface area contributed by atoms with Crippen LogP contribution in [-0.2, 0) is 9.59 Å². The summed E-state index contributed by atoms with van der Waals surface area (Å²) in [5, 5.41) is 17.4. The summed E-state index contributed by atoms with van der Waals surface area (Å²) in [5.41, 5.74) is 0. The summed E-state index contributed by atoms with van der Waals surface area (Å²) in [7, 11) is 0. The molecular formula is C8H12Cl2O4. The Morgan fingerprint density at radius 3 is 1.93 bits per heavy atom. The lowest BCUT2D eigenvalue weighted by Gasteiger charge is -2.05. The molecule has 0 aromatic rings. The zero-order chi connectivity index (χ0) is 8.88. The van der Waals surface area contributed by atoms with E-state index < -0.39 is 17.9 Å². The lowest BCUT2D eigenvalue weighted by Crippen LogP contribution is -2.17. The molecule has 0 aliphatic heterocycles. The first-order valence-electron chi connectivity index (χ1n) is 4.08. The van der Waals surface area contributed by atoms with Crippen molar-refractivity contribution < 1.29 is 19.8 Å². The van der Waals surface area contributed by atoms with Crippen LogP contribution in [0.3, 0.4) is 0 Å². The van der Waals surface area contributed by atoms with Crippen LogP contribution in [0.15, 0.2) is 0 Å². The minimum absolute atomic E-state index is 0. The van der Waals surface area contributed by atoms with Crippen LogP contribution in [0.2, 0.25) is 0 Å². The molecule has 0 aromatic carbocycles. The average Bonchev–Trinajstić information content (AvgIpc) is 2.52. The first-order chi connectivity index (χ1) is 5.63. The van der Waals surface area contributed by atoms with E-state index in [1.165, 1.54) is 0 Å². The molecule has 2 rings (SSSR count). The summed E-state index contributed by atoms with van der Waals surface area (Å²) in [6.45, 7) is 0. The molecule has 0 spiro atoms. The maximum atomic E-state index is 10.6. The fourth-order valence-electron chi connectivity index (χ4n) is 2.52. The standard InChI is InChI=1S/C8H10O4.2ClH/c9-7(10)4-2-1-3-5(4)6(3)8(11)12;;/h3-6H,1-2H2,(H,9,10)(H,11,12);2*1H. The summed E-state index contributed by atoms with van der Waals surface area (Å²) in [6, 6.07) is 0. The summed E-state index contributed by atoms with van der Waals surface area (Å²) in [6.07, 6.45) is 1.44. The van der Waals surface area contributed by atoms with Gasteiger partial charge in [-0.05, 0) is 24.7 Å². The lowest BCUT2D eigenvalue weighted by molar-refractivity contribution is -0.143. The zero-order valence-electron chi connectivity index (χ0n) is 7.25. The van der Waals surface area contributed by atoms with Crippen molar-refractivity contribution in [2.24, 2.45) is 23.7 Å². The molecule has 2 fully saturated rings. The number of carboxylic acid groups (broad SMARTS) is 2. The third kappa shape index (κ3) is 1.81. The first-order valence-corrected chi connectivity index (χ1v) is 4.08. The number of halogens is 2. The average molecular weight is 243 g/mol. The number of rotatable bonds is 2. The van der Waals surface area contributed by atoms with Gasteiger partial charge < -0.3 is 10.2 Å². The van der Waals surface area contributed by atoms with Crippen molar-refractivity contribution in [3.05, 3.63) is 0 Å². The van der Waals surface area contributed by atoms with E-state index in [1.54, 1.807) is 0 Å². The van der Waals surface area contributed by atoms with E-state index in [0.717, 1.165) is 6.42 Å². The van der Waals surface area contributed by atoms with Crippen LogP contribution in [0.4, 0.5) is 0 Å². The predicted molar refractivity (Wildman–Crippen MR) is 53.0 cm³/mol. The van der Waals surface area contributed by atoms with Crippen molar-refractivity contribution in [2.75, 3.05) is 0 Å². The zero-order valence-corrected chi connectivity index (χ0v) is 8.88. The van der Waals surface area contributed by atoms with Gasteiger partial charge in [0.25, 0.3) is 0 Å². The Kier molecular flexibility index (Phi) is 4.21. The van der Waals surface area contributed by atoms with E-state index in [1.807, 2.05) is 0 Å². The summed E-state index contributed by atoms with van der Waals surface area (Å²) < 4.78 is 0. The van der Waals surface area contributed by atoms with Gasteiger partial charge in [0.2, 0.25) is 0 Å². The number of hydrogen-bond acceptors (Lipinski definition) is 2. The molecule has 4 atom stereocenters. The molecule has 0 heterocycles. The Bertz CT molecular complexity index is 256. The van der Waals surface area contributed by atoms with Crippen molar-refractivity contribution >= 4 is 36.8 Å². The van der Waals surface area contributed by atoms with Crippen LogP contribution in [0, 0.1) is 23.7 Å². The Morgan fingerprint density at radius 2 is 1.57 bits per heavy atom. The van der Waals surface area contributed by atoms with E-state index in [9.17, 15) is 9.59 Å². The minimum atomic E-state index is -0.828. The van der Waals surface area contributed by atoms with Gasteiger partial charge in [-0.25, -0.2) is 0 Å². The molecule has 0 amide bonds. The predicted octanol–water partition coefficient (Wildman–Crippen LogP) is 1.27. The molecule has 4 nitrogen and oxygen atoms in total. The van der Waals surface area contributed by atoms with E-state index in [4.69, 9.17) is 10.2 Å². The van der Waals surface area contributed by atoms with Crippen molar-refractivity contribution in [3.63, 3.8) is 0 Å². The fourth-order valence-corrected chi connectivity index (χ4v) is 2.52. The number of carbonyl (C=O) groups is 2. The second-order valence-electron chi connectivity index (χ2n) is 3.63. The summed E-state index contributed by atoms with van der Waals surface area (Å²) >= 11 is 0. The van der Waals surface area contributed by atoms with Gasteiger partial charge in [0.05, 0.1) is 11.8 Å². The third-order valence-corrected chi connectivity index (χ3v) is 3.11. The Morgan fingerprint density at radius 1 is 1.00 bits per heavy atom. The van der Waals surface area contributed by atoms with Gasteiger partial charge in [-0.2, -0.15) is 0 Å². The lowest BCUT2D eigenvalue weighted by atomic mass is 10.0. The molecule has 0 bridgehead atoms. The molecule has 14 heavy (non-hydrogen) atoms. The molecular weight excluding hydrogens is 231 g/mol. The molecule has 0 aromatic heterocycles. The van der Waals surface area contributed by atoms with Gasteiger partial charge in [-0.3, -0.25) is 9.59 Å². The molecule has 0 saturated heterocycles. The first kappa shape index (κ1) is 13.5. The number of fused-ring (bicyclic) bond motifs is 1. The highest BCUT2D eigenvalue weighted by Crippen LogP contribution is 2.60. The molecule has 2 aliphatic carbocycles. The van der Waals surface area contributed by atoms with E-state index in [2.05, 4.69) is 0 Å². The topological polar surface area (TPSA) is 74.6 Å². The molecule has 0 radical (unpaired) electrons. The van der Waals surface area contributed by atoms with Crippen molar-refractivity contribution in [2.45, 2.75) is 12.8 Å². The highest BCUT2D eigenvalue weighted by molar-refractivity contribution is 5.85. The van der Waals surface area contributed by atoms with Crippen molar-refractivity contribution in [1.82, 2.24) is 0 Å². The van der Waals surface area contributed by atoms with Crippen molar-refractivity contribution in [1.29, 1.82) is 0 Å². The highest BCUT2D eigenvalue weighted by Gasteiger charge is 2.63. The van der Waals surface area contributed by atoms with Gasteiger partial charge in [0, 0.05) is 0 Å². The third-order valence-electron chi connectivity index (χ3n) is 3.11. The van der Waals surface area contributed by atoms with Crippen LogP contribution in [0.1, 0.15) is 12.8 Å². The molecule has 82 valence electrons. The van der Waals surface area contributed by atoms with Crippen LogP contribution in [0.25, 0.3) is 0 Å². The van der Waals surface area contributed by atoms with Gasteiger partial charge in [-0.15, -0.1) is 24.8 Å². The number of hydrogen-bond donors (Lipinski definition) is 2. The maximum absolute atomic E-state index is 10.6. The highest BCUT2D eigenvalue weighted by atomic mass is 35.5. The summed E-state index contributed by atoms with van der Waals surface area (Å²) in [4.78, 5) is 21.2. The van der Waals surface area contributed by atoms with Gasteiger partial charge >= 0.3 is 11.9 Å². The Labute approximate surface area is 93.5 Å². The summed E-state index contributed by atoms with van der Waals surface area (Å²) in [5.74, 6) is -2.32. The quantitative estimate of drug-likeness (QED) is 0.765. The molecule has 2 saturated carbocycles. The fraction of sp³-hybridized carbons (Fsp3) is 0.750. The SMILES string of the molecule is Cl.Cl.O=C(O)C1CCC2C(C(=O)O)C12. The van der Waals surface area contributed by atoms with E-state index in [-0.39, 0.29) is 42.6 Å².